The third kappa shape index (κ3) is 48.5. The molecule has 0 aromatic carbocycles. The molecule has 14 atom stereocenters. The highest BCUT2D eigenvalue weighted by Gasteiger charge is 2.57. The Hall–Kier alpha value is -14.1. The first kappa shape index (κ1) is 108. The molecule has 0 radical (unpaired) electrons. The number of rotatable bonds is 23. The SMILES string of the molecule is C#CC#CC#CC#CC#CC#CC#CC#CC#CC#CC#CC#CC#CC#CC#CC#CC#CC#CC#CC#CC#CC#CC#CC.CO[C@H]1C[C@@H](C)C/C(C)=C/[C@@H](C/C=C/C(=O)OCCO)C(=O)C[C@H](O)[C@@H](C)[C@@H](/C(C)=C/[C@@H]2CC[C@@H](O)[C@H](OC)C2)OC(=O)[C@@H]2CCCCN2C(=O)C(=O)[C@]2(O)O[C@H]1[C@@H](OC)C[C@H]2C.OOOOOOONOOOOOOOO.[HH].[HH].[HH].[HH].[HH].[HH].[HH].[HH].[HH].[HH].[HH].[HH].[HH].[HH].[HH].[HH].[HH].[HH].[HH].[HH].[HH].[HH].[HH].[HH].[HH].[HH].[HH].[HH].[HH].[HH].[HH].[HH].[HH].[HH]. The summed E-state index contributed by atoms with van der Waals surface area (Å²) >= 11 is 0. The molecule has 4 aliphatic rings. The van der Waals surface area contributed by atoms with Gasteiger partial charge in [-0.15, -0.1) is 6.42 Å². The van der Waals surface area contributed by atoms with Crippen LogP contribution in [0.4, 0.5) is 0 Å². The monoisotopic (exact) mass is 1790 g/mol. The van der Waals surface area contributed by atoms with Crippen LogP contribution in [0, 0.1) is 302 Å². The number of carbonyl (C=O) groups is 5. The Morgan fingerprint density at radius 2 is 1.00 bits per heavy atom. The number of carbonyl (C=O) groups excluding carboxylic acids is 5. The zero-order valence-corrected chi connectivity index (χ0v) is 69.2. The maximum atomic E-state index is 14.4. The molecule has 32 nitrogen and oxygen atoms in total. The van der Waals surface area contributed by atoms with Gasteiger partial charge in [0, 0.05) is 272 Å². The number of Topliss-reactive ketones (excluding diaryl/α,β-unsaturated/α-hetero) is 2. The van der Waals surface area contributed by atoms with Crippen molar-refractivity contribution in [2.45, 2.75) is 167 Å². The zero-order valence-electron chi connectivity index (χ0n) is 69.2. The summed E-state index contributed by atoms with van der Waals surface area (Å²) < 4.78 is 34.7. The van der Waals surface area contributed by atoms with E-state index in [4.69, 9.17) is 50.5 Å². The van der Waals surface area contributed by atoms with Crippen molar-refractivity contribution in [3.8, 4) is 273 Å². The number of hydrogen-bond donors (Lipinski definition) is 7. The summed E-state index contributed by atoms with van der Waals surface area (Å²) in [5, 5.41) is 94.7. The number of aliphatic hydroxyl groups excluding tert-OH is 3. The molecule has 0 aromatic heterocycles. The average Bonchev–Trinajstić information content (AvgIpc) is 0.780. The Morgan fingerprint density at radius 3 is 1.43 bits per heavy atom. The summed E-state index contributed by atoms with van der Waals surface area (Å²) in [6.45, 7) is 10.2. The van der Waals surface area contributed by atoms with Crippen molar-refractivity contribution in [2.24, 2.45) is 29.6 Å². The van der Waals surface area contributed by atoms with Gasteiger partial charge in [-0.1, -0.05) is 60.5 Å². The number of ketones is 2. The summed E-state index contributed by atoms with van der Waals surface area (Å²) in [6, 6.07) is -1.20. The lowest BCUT2D eigenvalue weighted by Crippen LogP contribution is -2.64. The maximum absolute atomic E-state index is 14.4. The third-order valence-electron chi connectivity index (χ3n) is 16.6. The van der Waals surface area contributed by atoms with E-state index in [0.717, 1.165) is 10.5 Å². The van der Waals surface area contributed by atoms with E-state index in [1.54, 1.807) is 27.7 Å². The lowest BCUT2D eigenvalue weighted by Gasteiger charge is -2.47. The van der Waals surface area contributed by atoms with E-state index in [9.17, 15) is 39.3 Å². The number of cyclic esters (lactones) is 1. The standard InChI is InChI=1S/C47H73NO15.C47H4.H3NO15.34H2/c1-27-20-28(2)22-39(59-7)43-40(60-8)24-30(4)47(57,63-43)44(54)45(55)48-17-10-9-13-34(48)46(56)62-42(29(3)23-32-15-16-35(50)38(25-32)58-6)31(5)36(51)26-37(52)33(21-27)12-11-14-41(53)61-19-18-49;1-3-5-7-9-11-13-15-17-19-21-23-25-27-29-31-33-35-37-39-41-43-45-47-46-44-42-40-38-36-34-32-30-28-26-24-22-20-18-16-14-12-10-8-6-4-2;2-6-10-14-12-8-4-1-5-9-13-16-15-11-7-3;;;;;;;;;;;;;;;;;;;;;;;;;;;;;;;;;;/h11,14,21,23,28,30-36,38-40,42-43,49-51,57H,9-10,12-13,15-20,22,24-26H2,1-8H3;1H,2H3;1-3H;34*1H/b14-11+,27-21+,29-23+;;;;;;;;;;;;;;;;;;;;;;;;;;;;;;;;;;;;/t28-,30+,31+,32-,33+,34-,35+,36-,38+,39-,40-,42+,43+,47+;;;;;;;;;;;;;;;;;;;;;;;;;;;;;;;;;;;;/m0..................................../s1. The number of allylic oxidation sites excluding steroid dienone is 4. The van der Waals surface area contributed by atoms with Gasteiger partial charge in [0.05, 0.1) is 37.1 Å². The first-order chi connectivity index (χ1) is 61.2. The number of terminal acetylenes is 1. The second-order valence-corrected chi connectivity index (χ2v) is 25.1. The van der Waals surface area contributed by atoms with Crippen LogP contribution in [-0.4, -0.2) is 161 Å². The highest BCUT2D eigenvalue weighted by molar-refractivity contribution is 6.39. The van der Waals surface area contributed by atoms with Gasteiger partial charge in [0.2, 0.25) is 5.79 Å². The fraction of sp³-hybridized carbons (Fsp3) is 0.394. The van der Waals surface area contributed by atoms with Crippen LogP contribution in [0.2, 0.25) is 0 Å². The number of methoxy groups -OCH3 is 3. The highest BCUT2D eigenvalue weighted by atomic mass is 17.9. The molecule has 3 fully saturated rings. The second kappa shape index (κ2) is 70.4. The number of esters is 2. The van der Waals surface area contributed by atoms with Crippen LogP contribution < -0.4 is 5.64 Å². The molecule has 7 N–H and O–H groups in total. The molecular weight excluding hydrogens is 1640 g/mol. The van der Waals surface area contributed by atoms with E-state index >= 15 is 0 Å². The quantitative estimate of drug-likeness (QED) is 0.00730. The molecule has 2 bridgehead atoms. The van der Waals surface area contributed by atoms with Crippen molar-refractivity contribution in [3.05, 3.63) is 35.5 Å². The number of nitrogens with one attached hydrogen (secondary N) is 1. The van der Waals surface area contributed by atoms with Crippen LogP contribution in [0.1, 0.15) is 161 Å². The zero-order chi connectivity index (χ0) is 92.3. The first-order valence-corrected chi connectivity index (χ1v) is 37.0. The number of aliphatic hydroxyl groups is 4. The van der Waals surface area contributed by atoms with Crippen molar-refractivity contribution in [2.75, 3.05) is 41.1 Å². The Kier molecular flexibility index (Phi) is 60.3. The van der Waals surface area contributed by atoms with Gasteiger partial charge in [0.1, 0.15) is 30.6 Å². The van der Waals surface area contributed by atoms with Gasteiger partial charge in [0.15, 0.2) is 0 Å². The molecule has 0 unspecified atom stereocenters. The Bertz CT molecular complexity index is 5520. The summed E-state index contributed by atoms with van der Waals surface area (Å²) in [4.78, 5) is 77.9. The number of nitrogens with zero attached hydrogens (tertiary/aromatic N) is 1. The topological polar surface area (TPSA) is 397 Å². The summed E-state index contributed by atoms with van der Waals surface area (Å²) in [7, 11) is 4.53. The molecule has 1 amide bonds. The largest absolute Gasteiger partial charge is 0.460 e. The van der Waals surface area contributed by atoms with Crippen LogP contribution >= 0.6 is 0 Å². The van der Waals surface area contributed by atoms with Gasteiger partial charge in [-0.2, -0.15) is 0 Å². The molecule has 4 rings (SSSR count). The van der Waals surface area contributed by atoms with Crippen LogP contribution in [0.25, 0.3) is 0 Å². The fourth-order valence-electron chi connectivity index (χ4n) is 11.3. The minimum atomic E-state index is -2.56. The Labute approximate surface area is 781 Å². The molecule has 32 heteroatoms. The number of fused-ring (bicyclic) bond motifs is 3. The molecular formula is C94H148N2O30. The number of amides is 1. The lowest BCUT2D eigenvalue weighted by molar-refractivity contribution is -0.827. The van der Waals surface area contributed by atoms with Crippen LogP contribution in [0.5, 0.6) is 0 Å². The van der Waals surface area contributed by atoms with Gasteiger partial charge in [-0.05, 0) is 258 Å². The Morgan fingerprint density at radius 1 is 0.571 bits per heavy atom. The molecule has 2 saturated heterocycles. The number of ether oxygens (including phenoxy) is 6. The third-order valence-corrected chi connectivity index (χ3v) is 16.6. The molecule has 3 aliphatic heterocycles. The minimum absolute atomic E-state index is 0. The van der Waals surface area contributed by atoms with Crippen LogP contribution in [0.15, 0.2) is 35.5 Å². The minimum Gasteiger partial charge on any atom is -0.460 e. The van der Waals surface area contributed by atoms with Gasteiger partial charge < -0.3 is 53.7 Å². The Balaban J connectivity index is -0.0000000488. The van der Waals surface area contributed by atoms with Gasteiger partial charge in [-0.25, -0.2) is 20.1 Å². The highest BCUT2D eigenvalue weighted by Crippen LogP contribution is 2.39. The molecule has 126 heavy (non-hydrogen) atoms. The van der Waals surface area contributed by atoms with E-state index in [1.165, 1.54) is 39.1 Å². The van der Waals surface area contributed by atoms with E-state index in [0.29, 0.717) is 50.5 Å². The van der Waals surface area contributed by atoms with Crippen molar-refractivity contribution in [1.29, 1.82) is 0 Å². The lowest BCUT2D eigenvalue weighted by atomic mass is 9.81. The molecule has 714 valence electrons. The number of piperidine rings is 1. The first-order valence-electron chi connectivity index (χ1n) is 37.0. The molecule has 3 heterocycles. The van der Waals surface area contributed by atoms with Crippen molar-refractivity contribution in [3.63, 3.8) is 0 Å². The second-order valence-electron chi connectivity index (χ2n) is 25.1. The molecule has 0 aromatic rings. The van der Waals surface area contributed by atoms with Crippen LogP contribution in [0.3, 0.4) is 0 Å². The average molecular weight is 1790 g/mol. The van der Waals surface area contributed by atoms with Crippen molar-refractivity contribution >= 4 is 29.4 Å². The van der Waals surface area contributed by atoms with Crippen molar-refractivity contribution < 1.29 is 197 Å². The normalized spacial score (nSPS) is 22.0. The predicted octanol–water partition coefficient (Wildman–Crippen LogP) is 11.3. The van der Waals surface area contributed by atoms with E-state index in [1.807, 2.05) is 26.0 Å². The molecule has 0 spiro atoms. The van der Waals surface area contributed by atoms with Gasteiger partial charge in [-0.3, -0.25) is 14.4 Å². The summed E-state index contributed by atoms with van der Waals surface area (Å²) in [5.41, 5.74) is 2.80. The van der Waals surface area contributed by atoms with Gasteiger partial charge in [0.25, 0.3) is 11.7 Å². The smallest absolute Gasteiger partial charge is 0.330 e. The predicted molar refractivity (Wildman–Crippen MR) is 510 cm³/mol. The van der Waals surface area contributed by atoms with Crippen molar-refractivity contribution in [1.82, 2.24) is 10.5 Å². The summed E-state index contributed by atoms with van der Waals surface area (Å²) in [6.07, 6.45) is 9.43. The molecule has 1 saturated carbocycles. The molecule has 1 aliphatic carbocycles. The van der Waals surface area contributed by atoms with Crippen LogP contribution in [-0.2, 0) is 118 Å². The van der Waals surface area contributed by atoms with E-state index in [-0.39, 0.29) is 112 Å². The van der Waals surface area contributed by atoms with Gasteiger partial charge >= 0.3 is 11.9 Å². The fourth-order valence-corrected chi connectivity index (χ4v) is 11.3. The number of hydrogen-bond acceptors (Lipinski definition) is 31. The maximum Gasteiger partial charge on any atom is 0.330 e. The van der Waals surface area contributed by atoms with E-state index in [2.05, 4.69) is 332 Å². The summed E-state index contributed by atoms with van der Waals surface area (Å²) in [5.74, 6) is 103. The van der Waals surface area contributed by atoms with E-state index < -0.39 is 95.9 Å².